The molecule has 2 aromatic carbocycles. The maximum Gasteiger partial charge on any atom is 0.174 e. The molecule has 0 heterocycles. The molecule has 2 nitrogen and oxygen atoms in total. The fraction of sp³-hybridized carbons (Fsp3) is 0.407. The highest BCUT2D eigenvalue weighted by molar-refractivity contribution is 6.16. The fourth-order valence-electron chi connectivity index (χ4n) is 3.83. The first kappa shape index (κ1) is 22.8. The minimum atomic E-state index is -0.711. The topological polar surface area (TPSA) is 34.1 Å². The summed E-state index contributed by atoms with van der Waals surface area (Å²) in [7, 11) is 0. The van der Waals surface area contributed by atoms with E-state index >= 15 is 0 Å². The molecule has 0 saturated carbocycles. The highest BCUT2D eigenvalue weighted by Gasteiger charge is 2.33. The van der Waals surface area contributed by atoms with E-state index in [-0.39, 0.29) is 17.5 Å². The van der Waals surface area contributed by atoms with Crippen molar-refractivity contribution in [1.29, 1.82) is 0 Å². The molecule has 0 aliphatic carbocycles. The third-order valence-corrected chi connectivity index (χ3v) is 5.55. The summed E-state index contributed by atoms with van der Waals surface area (Å²) in [6.07, 6.45) is 11.1. The van der Waals surface area contributed by atoms with E-state index in [0.29, 0.717) is 11.1 Å². The molecule has 0 amide bonds. The number of ketones is 2. The van der Waals surface area contributed by atoms with Crippen LogP contribution in [0.1, 0.15) is 79.0 Å². The van der Waals surface area contributed by atoms with Crippen LogP contribution in [-0.2, 0) is 0 Å². The van der Waals surface area contributed by atoms with Gasteiger partial charge in [-0.3, -0.25) is 9.59 Å². The van der Waals surface area contributed by atoms with Crippen molar-refractivity contribution in [1.82, 2.24) is 0 Å². The number of carbonyl (C=O) groups excluding carboxylic acids is 2. The Bertz CT molecular complexity index is 697. The Kier molecular flexibility index (Phi) is 10.1. The Morgan fingerprint density at radius 1 is 0.759 bits per heavy atom. The van der Waals surface area contributed by atoms with Gasteiger partial charge >= 0.3 is 0 Å². The molecule has 0 saturated heterocycles. The van der Waals surface area contributed by atoms with Crippen LogP contribution in [0, 0.1) is 11.8 Å². The number of Topliss-reactive ketones (excluding diaryl/α,β-unsaturated/α-hetero) is 2. The van der Waals surface area contributed by atoms with Gasteiger partial charge in [-0.1, -0.05) is 119 Å². The average molecular weight is 391 g/mol. The molecule has 0 N–H and O–H groups in total. The summed E-state index contributed by atoms with van der Waals surface area (Å²) < 4.78 is 0. The van der Waals surface area contributed by atoms with E-state index in [1.165, 1.54) is 32.1 Å². The summed E-state index contributed by atoms with van der Waals surface area (Å²) in [4.78, 5) is 26.6. The average Bonchev–Trinajstić information content (AvgIpc) is 2.78. The van der Waals surface area contributed by atoms with Gasteiger partial charge in [-0.05, 0) is 12.3 Å². The van der Waals surface area contributed by atoms with Gasteiger partial charge in [0, 0.05) is 11.1 Å². The van der Waals surface area contributed by atoms with E-state index in [9.17, 15) is 9.59 Å². The maximum absolute atomic E-state index is 13.3. The van der Waals surface area contributed by atoms with Gasteiger partial charge in [0.1, 0.15) is 0 Å². The van der Waals surface area contributed by atoms with Crippen molar-refractivity contribution in [3.8, 4) is 0 Å². The highest BCUT2D eigenvalue weighted by atomic mass is 16.2. The SMILES string of the molecule is C=CC(CCCCCCCCC)C(C(=O)c1ccccc1)C(=O)c1ccccc1. The second kappa shape index (κ2) is 12.9. The van der Waals surface area contributed by atoms with Crippen molar-refractivity contribution in [3.63, 3.8) is 0 Å². The van der Waals surface area contributed by atoms with Gasteiger partial charge in [-0.2, -0.15) is 0 Å². The molecule has 0 aliphatic heterocycles. The lowest BCUT2D eigenvalue weighted by Gasteiger charge is -2.23. The van der Waals surface area contributed by atoms with Gasteiger partial charge in [0.25, 0.3) is 0 Å². The van der Waals surface area contributed by atoms with Gasteiger partial charge in [-0.15, -0.1) is 6.58 Å². The summed E-state index contributed by atoms with van der Waals surface area (Å²) in [5.41, 5.74) is 1.18. The number of rotatable bonds is 14. The lowest BCUT2D eigenvalue weighted by atomic mass is 9.78. The van der Waals surface area contributed by atoms with Crippen LogP contribution in [0.5, 0.6) is 0 Å². The number of unbranched alkanes of at least 4 members (excludes halogenated alkanes) is 6. The zero-order valence-corrected chi connectivity index (χ0v) is 17.7. The van der Waals surface area contributed by atoms with Crippen LogP contribution >= 0.6 is 0 Å². The van der Waals surface area contributed by atoms with Crippen LogP contribution in [0.15, 0.2) is 73.3 Å². The molecule has 29 heavy (non-hydrogen) atoms. The van der Waals surface area contributed by atoms with Gasteiger partial charge in [0.05, 0.1) is 5.92 Å². The summed E-state index contributed by atoms with van der Waals surface area (Å²) >= 11 is 0. The lowest BCUT2D eigenvalue weighted by Crippen LogP contribution is -2.31. The van der Waals surface area contributed by atoms with E-state index in [0.717, 1.165) is 19.3 Å². The third-order valence-electron chi connectivity index (χ3n) is 5.55. The molecule has 0 bridgehead atoms. The molecule has 154 valence electrons. The van der Waals surface area contributed by atoms with Crippen LogP contribution in [0.2, 0.25) is 0 Å². The van der Waals surface area contributed by atoms with Crippen molar-refractivity contribution in [2.75, 3.05) is 0 Å². The molecular weight excluding hydrogens is 356 g/mol. The van der Waals surface area contributed by atoms with Crippen molar-refractivity contribution >= 4 is 11.6 Å². The largest absolute Gasteiger partial charge is 0.293 e. The standard InChI is InChI=1S/C27H34O2/c1-3-5-6-7-8-9-12-17-22(4-2)25(26(28)23-18-13-10-14-19-23)27(29)24-20-15-11-16-21-24/h4,10-11,13-16,18-22,25H,2-3,5-9,12,17H2,1H3. The minimum absolute atomic E-state index is 0.104. The molecule has 0 fully saturated rings. The minimum Gasteiger partial charge on any atom is -0.293 e. The van der Waals surface area contributed by atoms with Crippen molar-refractivity contribution in [2.45, 2.75) is 58.3 Å². The normalized spacial score (nSPS) is 11.9. The van der Waals surface area contributed by atoms with Crippen LogP contribution in [0.4, 0.5) is 0 Å². The Morgan fingerprint density at radius 3 is 1.66 bits per heavy atom. The third kappa shape index (κ3) is 7.12. The quantitative estimate of drug-likeness (QED) is 0.147. The van der Waals surface area contributed by atoms with Crippen molar-refractivity contribution in [2.24, 2.45) is 11.8 Å². The molecule has 1 unspecified atom stereocenters. The van der Waals surface area contributed by atoms with Gasteiger partial charge in [-0.25, -0.2) is 0 Å². The first-order chi connectivity index (χ1) is 14.2. The molecule has 0 spiro atoms. The van der Waals surface area contributed by atoms with Gasteiger partial charge < -0.3 is 0 Å². The molecule has 2 aromatic rings. The van der Waals surface area contributed by atoms with Crippen LogP contribution < -0.4 is 0 Å². The fourth-order valence-corrected chi connectivity index (χ4v) is 3.83. The Morgan fingerprint density at radius 2 is 1.21 bits per heavy atom. The zero-order valence-electron chi connectivity index (χ0n) is 17.7. The second-order valence-corrected chi connectivity index (χ2v) is 7.75. The van der Waals surface area contributed by atoms with Crippen LogP contribution in [0.25, 0.3) is 0 Å². The van der Waals surface area contributed by atoms with E-state index in [2.05, 4.69) is 13.5 Å². The molecule has 2 heteroatoms. The first-order valence-electron chi connectivity index (χ1n) is 11.0. The Balaban J connectivity index is 2.11. The first-order valence-corrected chi connectivity index (χ1v) is 11.0. The number of allylic oxidation sites excluding steroid dienone is 1. The summed E-state index contributed by atoms with van der Waals surface area (Å²) in [6, 6.07) is 18.3. The zero-order chi connectivity index (χ0) is 20.9. The number of hydrogen-bond donors (Lipinski definition) is 0. The number of carbonyl (C=O) groups is 2. The number of hydrogen-bond acceptors (Lipinski definition) is 2. The highest BCUT2D eigenvalue weighted by Crippen LogP contribution is 2.28. The second-order valence-electron chi connectivity index (χ2n) is 7.75. The van der Waals surface area contributed by atoms with E-state index in [4.69, 9.17) is 0 Å². The molecule has 0 aliphatic rings. The molecule has 2 rings (SSSR count). The number of benzene rings is 2. The summed E-state index contributed by atoms with van der Waals surface area (Å²) in [6.45, 7) is 6.19. The maximum atomic E-state index is 13.3. The Hall–Kier alpha value is -2.48. The molecule has 1 atom stereocenters. The lowest BCUT2D eigenvalue weighted by molar-refractivity contribution is 0.0765. The Labute approximate surface area is 176 Å². The molecule has 0 radical (unpaired) electrons. The predicted octanol–water partition coefficient (Wildman–Crippen LogP) is 7.31. The van der Waals surface area contributed by atoms with Crippen LogP contribution in [0.3, 0.4) is 0 Å². The van der Waals surface area contributed by atoms with E-state index < -0.39 is 5.92 Å². The molecule has 0 aromatic heterocycles. The van der Waals surface area contributed by atoms with E-state index in [1.54, 1.807) is 24.3 Å². The molecular formula is C27H34O2. The predicted molar refractivity (Wildman–Crippen MR) is 121 cm³/mol. The van der Waals surface area contributed by atoms with Crippen LogP contribution in [-0.4, -0.2) is 11.6 Å². The monoisotopic (exact) mass is 390 g/mol. The van der Waals surface area contributed by atoms with Crippen molar-refractivity contribution in [3.05, 3.63) is 84.4 Å². The van der Waals surface area contributed by atoms with Crippen molar-refractivity contribution < 1.29 is 9.59 Å². The smallest absolute Gasteiger partial charge is 0.174 e. The summed E-state index contributed by atoms with van der Waals surface area (Å²) in [5.74, 6) is -1.07. The summed E-state index contributed by atoms with van der Waals surface area (Å²) in [5, 5.41) is 0. The van der Waals surface area contributed by atoms with Gasteiger partial charge in [0.15, 0.2) is 11.6 Å². The van der Waals surface area contributed by atoms with E-state index in [1.807, 2.05) is 42.5 Å². The van der Waals surface area contributed by atoms with Gasteiger partial charge in [0.2, 0.25) is 0 Å².